The maximum atomic E-state index is 12.2. The van der Waals surface area contributed by atoms with Crippen LogP contribution in [0.4, 0.5) is 5.13 Å². The molecule has 134 valence electrons. The van der Waals surface area contributed by atoms with E-state index in [4.69, 9.17) is 23.2 Å². The van der Waals surface area contributed by atoms with Crippen molar-refractivity contribution >= 4 is 57.3 Å². The third-order valence-electron chi connectivity index (χ3n) is 3.56. The predicted molar refractivity (Wildman–Crippen MR) is 113 cm³/mol. The van der Waals surface area contributed by atoms with E-state index in [1.807, 2.05) is 35.7 Å². The van der Waals surface area contributed by atoms with Crippen LogP contribution >= 0.6 is 46.3 Å². The lowest BCUT2D eigenvalue weighted by atomic mass is 10.1. The normalized spacial score (nSPS) is 10.7. The van der Waals surface area contributed by atoms with Crippen LogP contribution in [0, 0.1) is 0 Å². The molecule has 0 atom stereocenters. The van der Waals surface area contributed by atoms with Gasteiger partial charge in [-0.05, 0) is 35.6 Å². The smallest absolute Gasteiger partial charge is 0.230 e. The first-order valence-electron chi connectivity index (χ1n) is 7.97. The number of anilines is 1. The van der Waals surface area contributed by atoms with E-state index in [0.717, 1.165) is 22.6 Å². The van der Waals surface area contributed by atoms with Gasteiger partial charge in [0.2, 0.25) is 5.91 Å². The Morgan fingerprint density at radius 3 is 2.62 bits per heavy atom. The Labute approximate surface area is 170 Å². The van der Waals surface area contributed by atoms with Crippen molar-refractivity contribution in [2.45, 2.75) is 18.2 Å². The highest BCUT2D eigenvalue weighted by atomic mass is 35.5. The molecule has 0 bridgehead atoms. The van der Waals surface area contributed by atoms with Gasteiger partial charge in [-0.1, -0.05) is 48.3 Å². The molecular weight excluding hydrogens is 407 g/mol. The number of thiazole rings is 1. The van der Waals surface area contributed by atoms with Crippen LogP contribution in [0.2, 0.25) is 10.0 Å². The number of carbonyl (C=O) groups is 1. The highest BCUT2D eigenvalue weighted by Gasteiger charge is 2.10. The summed E-state index contributed by atoms with van der Waals surface area (Å²) in [7, 11) is 0. The van der Waals surface area contributed by atoms with Crippen LogP contribution in [0.1, 0.15) is 12.5 Å². The standard InChI is InChI=1S/C19H16Cl2N2OS2/c1-2-25-14-6-3-12(4-7-14)9-18(24)23-19-22-17(11-26-19)13-5-8-15(20)16(21)10-13/h3-8,10-11H,2,9H2,1H3,(H,22,23,24). The minimum atomic E-state index is -0.0871. The lowest BCUT2D eigenvalue weighted by Gasteiger charge is -2.04. The summed E-state index contributed by atoms with van der Waals surface area (Å²) >= 11 is 15.1. The molecule has 3 nitrogen and oxygen atoms in total. The zero-order chi connectivity index (χ0) is 18.5. The average Bonchev–Trinajstić information content (AvgIpc) is 3.07. The molecule has 1 N–H and O–H groups in total. The summed E-state index contributed by atoms with van der Waals surface area (Å²) < 4.78 is 0. The molecule has 3 aromatic rings. The van der Waals surface area contributed by atoms with Gasteiger partial charge >= 0.3 is 0 Å². The summed E-state index contributed by atoms with van der Waals surface area (Å²) in [4.78, 5) is 17.9. The van der Waals surface area contributed by atoms with Gasteiger partial charge in [-0.3, -0.25) is 4.79 Å². The molecule has 0 aliphatic carbocycles. The van der Waals surface area contributed by atoms with Gasteiger partial charge in [0.25, 0.3) is 0 Å². The third kappa shape index (κ3) is 5.01. The number of hydrogen-bond acceptors (Lipinski definition) is 4. The second kappa shape index (κ2) is 8.91. The zero-order valence-corrected chi connectivity index (χ0v) is 17.1. The molecule has 0 spiro atoms. The van der Waals surface area contributed by atoms with Crippen LogP contribution in [0.5, 0.6) is 0 Å². The number of aromatic nitrogens is 1. The maximum absolute atomic E-state index is 12.2. The van der Waals surface area contributed by atoms with Crippen LogP contribution in [0.15, 0.2) is 52.7 Å². The number of benzene rings is 2. The highest BCUT2D eigenvalue weighted by molar-refractivity contribution is 7.99. The molecule has 0 saturated carbocycles. The topological polar surface area (TPSA) is 42.0 Å². The molecule has 0 saturated heterocycles. The molecule has 0 unspecified atom stereocenters. The lowest BCUT2D eigenvalue weighted by molar-refractivity contribution is -0.115. The maximum Gasteiger partial charge on any atom is 0.230 e. The largest absolute Gasteiger partial charge is 0.302 e. The van der Waals surface area contributed by atoms with Gasteiger partial charge in [0.05, 0.1) is 22.2 Å². The zero-order valence-electron chi connectivity index (χ0n) is 14.0. The van der Waals surface area contributed by atoms with Crippen LogP contribution in [-0.4, -0.2) is 16.6 Å². The first-order chi connectivity index (χ1) is 12.5. The van der Waals surface area contributed by atoms with Crippen molar-refractivity contribution in [2.24, 2.45) is 0 Å². The average molecular weight is 423 g/mol. The number of hydrogen-bond donors (Lipinski definition) is 1. The van der Waals surface area contributed by atoms with Crippen LogP contribution < -0.4 is 5.32 Å². The Morgan fingerprint density at radius 2 is 1.92 bits per heavy atom. The van der Waals surface area contributed by atoms with E-state index >= 15 is 0 Å². The molecule has 1 amide bonds. The number of carbonyl (C=O) groups excluding carboxylic acids is 1. The number of thioether (sulfide) groups is 1. The Kier molecular flexibility index (Phi) is 6.59. The Bertz CT molecular complexity index is 910. The van der Waals surface area contributed by atoms with Crippen molar-refractivity contribution in [3.05, 3.63) is 63.5 Å². The number of nitrogens with zero attached hydrogens (tertiary/aromatic N) is 1. The second-order valence-corrected chi connectivity index (χ2v) is 8.48. The van der Waals surface area contributed by atoms with Crippen molar-refractivity contribution in [2.75, 3.05) is 11.1 Å². The molecule has 0 radical (unpaired) electrons. The van der Waals surface area contributed by atoms with Gasteiger partial charge < -0.3 is 5.32 Å². The molecule has 2 aromatic carbocycles. The van der Waals surface area contributed by atoms with Crippen molar-refractivity contribution < 1.29 is 4.79 Å². The molecule has 0 aliphatic heterocycles. The first-order valence-corrected chi connectivity index (χ1v) is 10.6. The molecule has 1 aromatic heterocycles. The number of amides is 1. The fourth-order valence-electron chi connectivity index (χ4n) is 2.34. The van der Waals surface area contributed by atoms with E-state index in [2.05, 4.69) is 17.2 Å². The van der Waals surface area contributed by atoms with Gasteiger partial charge in [0, 0.05) is 15.8 Å². The van der Waals surface area contributed by atoms with Crippen LogP contribution in [-0.2, 0) is 11.2 Å². The van der Waals surface area contributed by atoms with E-state index in [1.165, 1.54) is 16.2 Å². The summed E-state index contributed by atoms with van der Waals surface area (Å²) in [6, 6.07) is 13.4. The summed E-state index contributed by atoms with van der Waals surface area (Å²) in [5.74, 6) is 0.946. The number of halogens is 2. The number of nitrogens with one attached hydrogen (secondary N) is 1. The molecule has 0 fully saturated rings. The van der Waals surface area contributed by atoms with Gasteiger partial charge in [0.15, 0.2) is 5.13 Å². The second-order valence-electron chi connectivity index (χ2n) is 5.47. The Morgan fingerprint density at radius 1 is 1.15 bits per heavy atom. The molecule has 7 heteroatoms. The van der Waals surface area contributed by atoms with Gasteiger partial charge in [-0.25, -0.2) is 4.98 Å². The minimum absolute atomic E-state index is 0.0871. The third-order valence-corrected chi connectivity index (χ3v) is 5.96. The monoisotopic (exact) mass is 422 g/mol. The summed E-state index contributed by atoms with van der Waals surface area (Å²) in [5, 5.41) is 6.28. The molecular formula is C19H16Cl2N2OS2. The Hall–Kier alpha value is -1.53. The molecule has 3 rings (SSSR count). The van der Waals surface area contributed by atoms with E-state index in [1.54, 1.807) is 23.9 Å². The highest BCUT2D eigenvalue weighted by Crippen LogP contribution is 2.30. The predicted octanol–water partition coefficient (Wildman–Crippen LogP) is 6.41. The van der Waals surface area contributed by atoms with Gasteiger partial charge in [-0.2, -0.15) is 0 Å². The van der Waals surface area contributed by atoms with E-state index in [9.17, 15) is 4.79 Å². The quantitative estimate of drug-likeness (QED) is 0.466. The van der Waals surface area contributed by atoms with Crippen molar-refractivity contribution in [1.82, 2.24) is 4.98 Å². The van der Waals surface area contributed by atoms with E-state index in [0.29, 0.717) is 21.6 Å². The van der Waals surface area contributed by atoms with Crippen molar-refractivity contribution in [3.8, 4) is 11.3 Å². The fraction of sp³-hybridized carbons (Fsp3) is 0.158. The molecule has 1 heterocycles. The van der Waals surface area contributed by atoms with Crippen molar-refractivity contribution in [1.29, 1.82) is 0 Å². The summed E-state index contributed by atoms with van der Waals surface area (Å²) in [6.07, 6.45) is 0.318. The van der Waals surface area contributed by atoms with Crippen molar-refractivity contribution in [3.63, 3.8) is 0 Å². The first kappa shape index (κ1) is 19.2. The molecule has 0 aliphatic rings. The minimum Gasteiger partial charge on any atom is -0.302 e. The van der Waals surface area contributed by atoms with Gasteiger partial charge in [-0.15, -0.1) is 23.1 Å². The summed E-state index contributed by atoms with van der Waals surface area (Å²) in [5.41, 5.74) is 2.59. The van der Waals surface area contributed by atoms with Gasteiger partial charge in [0.1, 0.15) is 0 Å². The SMILES string of the molecule is CCSc1ccc(CC(=O)Nc2nc(-c3ccc(Cl)c(Cl)c3)cs2)cc1. The number of rotatable bonds is 6. The van der Waals surface area contributed by atoms with E-state index in [-0.39, 0.29) is 5.91 Å². The summed E-state index contributed by atoms with van der Waals surface area (Å²) in [6.45, 7) is 2.12. The van der Waals surface area contributed by atoms with Crippen LogP contribution in [0.3, 0.4) is 0 Å². The molecule has 26 heavy (non-hydrogen) atoms. The fourth-order valence-corrected chi connectivity index (χ4v) is 4.03. The Balaban J connectivity index is 1.63. The lowest BCUT2D eigenvalue weighted by Crippen LogP contribution is -2.14. The van der Waals surface area contributed by atoms with Crippen LogP contribution in [0.25, 0.3) is 11.3 Å². The van der Waals surface area contributed by atoms with E-state index < -0.39 is 0 Å².